The molecule has 0 saturated carbocycles. The Morgan fingerprint density at radius 3 is 2.82 bits per heavy atom. The fourth-order valence-electron chi connectivity index (χ4n) is 1.15. The van der Waals surface area contributed by atoms with E-state index >= 15 is 0 Å². The third-order valence-corrected chi connectivity index (χ3v) is 3.11. The highest BCUT2D eigenvalue weighted by Crippen LogP contribution is 2.29. The van der Waals surface area contributed by atoms with Gasteiger partial charge in [0, 0.05) is 12.2 Å². The molecule has 0 aliphatic rings. The number of nitrogen functional groups attached to an aromatic ring is 1. The Morgan fingerprint density at radius 1 is 1.47 bits per heavy atom. The summed E-state index contributed by atoms with van der Waals surface area (Å²) in [5.41, 5.74) is 5.65. The standard InChI is InChI=1S/C11H14F2N2OS/c1-2-5-15-9(16)6-17-11-8(14)4-3-7(12)10(11)13/h3-4H,2,5-6,14H2,1H3,(H,15,16). The molecule has 3 N–H and O–H groups in total. The van der Waals surface area contributed by atoms with E-state index in [0.29, 0.717) is 6.54 Å². The highest BCUT2D eigenvalue weighted by atomic mass is 32.2. The van der Waals surface area contributed by atoms with Gasteiger partial charge in [0.15, 0.2) is 11.6 Å². The van der Waals surface area contributed by atoms with E-state index in [4.69, 9.17) is 5.73 Å². The smallest absolute Gasteiger partial charge is 0.230 e. The molecule has 1 rings (SSSR count). The monoisotopic (exact) mass is 260 g/mol. The van der Waals surface area contributed by atoms with Gasteiger partial charge in [0.25, 0.3) is 0 Å². The van der Waals surface area contributed by atoms with Crippen molar-refractivity contribution in [2.24, 2.45) is 0 Å². The second-order valence-electron chi connectivity index (χ2n) is 3.42. The van der Waals surface area contributed by atoms with Crippen molar-refractivity contribution in [3.8, 4) is 0 Å². The molecule has 0 spiro atoms. The van der Waals surface area contributed by atoms with Gasteiger partial charge >= 0.3 is 0 Å². The van der Waals surface area contributed by atoms with Crippen LogP contribution in [0.5, 0.6) is 0 Å². The first-order chi connectivity index (χ1) is 8.06. The third kappa shape index (κ3) is 3.89. The van der Waals surface area contributed by atoms with Gasteiger partial charge < -0.3 is 11.1 Å². The van der Waals surface area contributed by atoms with E-state index < -0.39 is 11.6 Å². The van der Waals surface area contributed by atoms with Crippen molar-refractivity contribution in [1.82, 2.24) is 5.32 Å². The summed E-state index contributed by atoms with van der Waals surface area (Å²) in [6.45, 7) is 2.50. The van der Waals surface area contributed by atoms with Crippen LogP contribution < -0.4 is 11.1 Å². The molecule has 94 valence electrons. The number of anilines is 1. The van der Waals surface area contributed by atoms with Crippen molar-refractivity contribution in [2.45, 2.75) is 18.2 Å². The molecule has 3 nitrogen and oxygen atoms in total. The van der Waals surface area contributed by atoms with E-state index in [1.54, 1.807) is 0 Å². The minimum absolute atomic E-state index is 0.0170. The predicted octanol–water partition coefficient (Wildman–Crippen LogP) is 2.17. The number of nitrogens with two attached hydrogens (primary N) is 1. The molecule has 0 saturated heterocycles. The summed E-state index contributed by atoms with van der Waals surface area (Å²) in [6.07, 6.45) is 0.826. The van der Waals surface area contributed by atoms with E-state index in [-0.39, 0.29) is 22.2 Å². The summed E-state index contributed by atoms with van der Waals surface area (Å²) in [7, 11) is 0. The first kappa shape index (κ1) is 13.8. The van der Waals surface area contributed by atoms with Crippen molar-refractivity contribution < 1.29 is 13.6 Å². The third-order valence-electron chi connectivity index (χ3n) is 2.00. The SMILES string of the molecule is CCCNC(=O)CSc1c(N)ccc(F)c1F. The molecule has 6 heteroatoms. The van der Waals surface area contributed by atoms with Gasteiger partial charge in [-0.3, -0.25) is 4.79 Å². The Morgan fingerprint density at radius 2 is 2.18 bits per heavy atom. The highest BCUT2D eigenvalue weighted by Gasteiger charge is 2.13. The molecular formula is C11H14F2N2OS. The van der Waals surface area contributed by atoms with Crippen molar-refractivity contribution in [3.05, 3.63) is 23.8 Å². The predicted molar refractivity (Wildman–Crippen MR) is 64.8 cm³/mol. The second kappa shape index (κ2) is 6.44. The molecule has 0 atom stereocenters. The molecule has 1 aromatic carbocycles. The van der Waals surface area contributed by atoms with E-state index in [1.165, 1.54) is 6.07 Å². The van der Waals surface area contributed by atoms with E-state index in [2.05, 4.69) is 5.32 Å². The maximum atomic E-state index is 13.4. The van der Waals surface area contributed by atoms with Gasteiger partial charge in [-0.05, 0) is 18.6 Å². The quantitative estimate of drug-likeness (QED) is 0.630. The highest BCUT2D eigenvalue weighted by molar-refractivity contribution is 8.00. The van der Waals surface area contributed by atoms with Crippen LogP contribution in [0, 0.1) is 11.6 Å². The molecule has 0 bridgehead atoms. The molecule has 0 aliphatic heterocycles. The maximum Gasteiger partial charge on any atom is 0.230 e. The van der Waals surface area contributed by atoms with Crippen LogP contribution in [0.1, 0.15) is 13.3 Å². The molecule has 1 amide bonds. The number of hydrogen-bond acceptors (Lipinski definition) is 3. The topological polar surface area (TPSA) is 55.1 Å². The first-order valence-electron chi connectivity index (χ1n) is 5.19. The number of rotatable bonds is 5. The van der Waals surface area contributed by atoms with Gasteiger partial charge in [0.2, 0.25) is 5.91 Å². The first-order valence-corrected chi connectivity index (χ1v) is 6.17. The fourth-order valence-corrected chi connectivity index (χ4v) is 1.98. The largest absolute Gasteiger partial charge is 0.398 e. The van der Waals surface area contributed by atoms with Crippen molar-refractivity contribution in [3.63, 3.8) is 0 Å². The number of carbonyl (C=O) groups excluding carboxylic acids is 1. The second-order valence-corrected chi connectivity index (χ2v) is 4.40. The Hall–Kier alpha value is -1.30. The molecule has 0 unspecified atom stereocenters. The molecule has 0 heterocycles. The van der Waals surface area contributed by atoms with Gasteiger partial charge in [-0.25, -0.2) is 8.78 Å². The number of nitrogens with one attached hydrogen (secondary N) is 1. The van der Waals surface area contributed by atoms with Gasteiger partial charge in [-0.1, -0.05) is 6.92 Å². The van der Waals surface area contributed by atoms with Crippen LogP contribution in [-0.2, 0) is 4.79 Å². The van der Waals surface area contributed by atoms with Crippen LogP contribution in [0.25, 0.3) is 0 Å². The number of carbonyl (C=O) groups is 1. The number of hydrogen-bond donors (Lipinski definition) is 2. The molecule has 0 fully saturated rings. The summed E-state index contributed by atoms with van der Waals surface area (Å²) in [6, 6.07) is 2.25. The zero-order valence-electron chi connectivity index (χ0n) is 9.43. The van der Waals surface area contributed by atoms with Crippen molar-refractivity contribution in [2.75, 3.05) is 18.0 Å². The van der Waals surface area contributed by atoms with Crippen LogP contribution in [0.3, 0.4) is 0 Å². The van der Waals surface area contributed by atoms with Crippen LogP contribution in [0.4, 0.5) is 14.5 Å². The lowest BCUT2D eigenvalue weighted by Crippen LogP contribution is -2.25. The molecule has 0 radical (unpaired) electrons. The summed E-state index contributed by atoms with van der Waals surface area (Å²) >= 11 is 0.894. The summed E-state index contributed by atoms with van der Waals surface area (Å²) < 4.78 is 26.3. The average molecular weight is 260 g/mol. The number of thioether (sulfide) groups is 1. The average Bonchev–Trinajstić information content (AvgIpc) is 2.31. The van der Waals surface area contributed by atoms with E-state index in [0.717, 1.165) is 24.2 Å². The van der Waals surface area contributed by atoms with E-state index in [1.807, 2.05) is 6.92 Å². The van der Waals surface area contributed by atoms with Gasteiger partial charge in [-0.2, -0.15) is 0 Å². The van der Waals surface area contributed by atoms with Crippen LogP contribution in [0.15, 0.2) is 17.0 Å². The molecule has 0 aliphatic carbocycles. The molecular weight excluding hydrogens is 246 g/mol. The summed E-state index contributed by atoms with van der Waals surface area (Å²) in [5.74, 6) is -2.17. The van der Waals surface area contributed by atoms with Crippen LogP contribution >= 0.6 is 11.8 Å². The summed E-state index contributed by atoms with van der Waals surface area (Å²) in [4.78, 5) is 11.3. The molecule has 0 aromatic heterocycles. The Labute approximate surface area is 103 Å². The minimum Gasteiger partial charge on any atom is -0.398 e. The van der Waals surface area contributed by atoms with Crippen LogP contribution in [0.2, 0.25) is 0 Å². The summed E-state index contributed by atoms with van der Waals surface area (Å²) in [5, 5.41) is 2.64. The van der Waals surface area contributed by atoms with Gasteiger partial charge in [-0.15, -0.1) is 11.8 Å². The van der Waals surface area contributed by atoms with Crippen molar-refractivity contribution >= 4 is 23.4 Å². The Bertz CT molecular complexity index is 413. The van der Waals surface area contributed by atoms with Crippen LogP contribution in [-0.4, -0.2) is 18.2 Å². The zero-order valence-corrected chi connectivity index (χ0v) is 10.2. The fraction of sp³-hybridized carbons (Fsp3) is 0.364. The zero-order chi connectivity index (χ0) is 12.8. The number of halogens is 2. The lowest BCUT2D eigenvalue weighted by atomic mass is 10.3. The number of amides is 1. The van der Waals surface area contributed by atoms with Gasteiger partial charge in [0.05, 0.1) is 10.6 Å². The Balaban J connectivity index is 2.63. The normalized spacial score (nSPS) is 10.3. The molecule has 1 aromatic rings. The van der Waals surface area contributed by atoms with Crippen molar-refractivity contribution in [1.29, 1.82) is 0 Å². The number of benzene rings is 1. The maximum absolute atomic E-state index is 13.4. The minimum atomic E-state index is -1.00. The molecule has 17 heavy (non-hydrogen) atoms. The van der Waals surface area contributed by atoms with Gasteiger partial charge in [0.1, 0.15) is 0 Å². The lowest BCUT2D eigenvalue weighted by Gasteiger charge is -2.07. The van der Waals surface area contributed by atoms with E-state index in [9.17, 15) is 13.6 Å². The lowest BCUT2D eigenvalue weighted by molar-refractivity contribution is -0.118. The Kier molecular flexibility index (Phi) is 5.21.